The fourth-order valence-corrected chi connectivity index (χ4v) is 3.36. The van der Waals surface area contributed by atoms with Gasteiger partial charge in [-0.15, -0.1) is 0 Å². The molecule has 0 saturated carbocycles. The van der Waals surface area contributed by atoms with E-state index < -0.39 is 0 Å². The van der Waals surface area contributed by atoms with Crippen LogP contribution < -0.4 is 10.1 Å². The van der Waals surface area contributed by atoms with Crippen molar-refractivity contribution < 1.29 is 4.74 Å². The molecule has 0 heterocycles. The van der Waals surface area contributed by atoms with Crippen molar-refractivity contribution >= 4 is 52.1 Å². The van der Waals surface area contributed by atoms with E-state index in [1.54, 1.807) is 12.1 Å². The minimum atomic E-state index is 0.129. The molecule has 0 atom stereocenters. The van der Waals surface area contributed by atoms with Crippen LogP contribution in [0.3, 0.4) is 0 Å². The van der Waals surface area contributed by atoms with Crippen molar-refractivity contribution in [1.29, 1.82) is 0 Å². The molecule has 0 aliphatic rings. The van der Waals surface area contributed by atoms with Gasteiger partial charge in [0.05, 0.1) is 10.0 Å². The van der Waals surface area contributed by atoms with Crippen LogP contribution in [-0.4, -0.2) is 6.61 Å². The zero-order chi connectivity index (χ0) is 19.9. The Kier molecular flexibility index (Phi) is 7.52. The first kappa shape index (κ1) is 20.9. The molecule has 6 heteroatoms. The molecule has 0 saturated heterocycles. The molecule has 0 aliphatic heterocycles. The summed E-state index contributed by atoms with van der Waals surface area (Å²) in [7, 11) is 0. The van der Waals surface area contributed by atoms with Crippen LogP contribution >= 0.6 is 46.4 Å². The third-order valence-corrected chi connectivity index (χ3v) is 4.89. The molecule has 2 nitrogen and oxygen atoms in total. The predicted octanol–water partition coefficient (Wildman–Crippen LogP) is 7.97. The van der Waals surface area contributed by atoms with Crippen molar-refractivity contribution in [1.82, 2.24) is 0 Å². The standard InChI is InChI=1S/C22H17Cl4NO/c23-19-12-18(13-20(24)22(19)28-11-10-21(25)26)27-14-15-6-8-17(9-7-15)16-4-2-1-3-5-16/h1-10,12-13,27H,11,14H2. The van der Waals surface area contributed by atoms with Gasteiger partial charge in [-0.3, -0.25) is 0 Å². The molecule has 0 bridgehead atoms. The summed E-state index contributed by atoms with van der Waals surface area (Å²) in [5.41, 5.74) is 4.33. The van der Waals surface area contributed by atoms with Crippen molar-refractivity contribution in [3.05, 3.63) is 92.9 Å². The Morgan fingerprint density at radius 1 is 0.857 bits per heavy atom. The first-order valence-electron chi connectivity index (χ1n) is 8.54. The van der Waals surface area contributed by atoms with Gasteiger partial charge in [0.1, 0.15) is 11.1 Å². The van der Waals surface area contributed by atoms with E-state index in [9.17, 15) is 0 Å². The highest BCUT2D eigenvalue weighted by molar-refractivity contribution is 6.55. The third kappa shape index (κ3) is 5.83. The van der Waals surface area contributed by atoms with E-state index >= 15 is 0 Å². The maximum Gasteiger partial charge on any atom is 0.157 e. The number of hydrogen-bond acceptors (Lipinski definition) is 2. The molecule has 0 radical (unpaired) electrons. The molecule has 144 valence electrons. The van der Waals surface area contributed by atoms with Gasteiger partial charge in [0.25, 0.3) is 0 Å². The number of rotatable bonds is 7. The maximum absolute atomic E-state index is 6.28. The van der Waals surface area contributed by atoms with E-state index in [0.717, 1.165) is 11.3 Å². The van der Waals surface area contributed by atoms with Crippen LogP contribution in [0.1, 0.15) is 5.56 Å². The summed E-state index contributed by atoms with van der Waals surface area (Å²) in [6.45, 7) is 0.828. The van der Waals surface area contributed by atoms with Crippen molar-refractivity contribution in [2.75, 3.05) is 11.9 Å². The van der Waals surface area contributed by atoms with Gasteiger partial charge in [0, 0.05) is 12.2 Å². The molecule has 3 aromatic carbocycles. The Morgan fingerprint density at radius 2 is 1.46 bits per heavy atom. The van der Waals surface area contributed by atoms with Gasteiger partial charge in [0.2, 0.25) is 0 Å². The Hall–Kier alpha value is -1.84. The van der Waals surface area contributed by atoms with Gasteiger partial charge in [0.15, 0.2) is 5.75 Å². The van der Waals surface area contributed by atoms with Crippen LogP contribution in [-0.2, 0) is 6.54 Å². The van der Waals surface area contributed by atoms with Gasteiger partial charge in [-0.2, -0.15) is 0 Å². The molecule has 0 amide bonds. The molecule has 0 aliphatic carbocycles. The SMILES string of the molecule is ClC(Cl)=CCOc1c(Cl)cc(NCc2ccc(-c3ccccc3)cc2)cc1Cl. The Morgan fingerprint density at radius 3 is 2.07 bits per heavy atom. The quantitative estimate of drug-likeness (QED) is 0.392. The van der Waals surface area contributed by atoms with E-state index in [1.165, 1.54) is 17.2 Å². The van der Waals surface area contributed by atoms with E-state index in [0.29, 0.717) is 22.3 Å². The fourth-order valence-electron chi connectivity index (χ4n) is 2.64. The average molecular weight is 453 g/mol. The van der Waals surface area contributed by atoms with E-state index in [4.69, 9.17) is 51.1 Å². The lowest BCUT2D eigenvalue weighted by molar-refractivity contribution is 0.363. The number of ether oxygens (including phenoxy) is 1. The maximum atomic E-state index is 6.28. The van der Waals surface area contributed by atoms with Crippen LogP contribution in [0.5, 0.6) is 5.75 Å². The summed E-state index contributed by atoms with van der Waals surface area (Å²) in [6.07, 6.45) is 1.51. The molecule has 0 aromatic heterocycles. The highest BCUT2D eigenvalue weighted by atomic mass is 35.5. The molecule has 28 heavy (non-hydrogen) atoms. The Labute approximate surface area is 184 Å². The number of halogens is 4. The average Bonchev–Trinajstić information content (AvgIpc) is 2.69. The first-order valence-corrected chi connectivity index (χ1v) is 10.1. The minimum absolute atomic E-state index is 0.129. The predicted molar refractivity (Wildman–Crippen MR) is 121 cm³/mol. The van der Waals surface area contributed by atoms with Crippen molar-refractivity contribution in [3.63, 3.8) is 0 Å². The van der Waals surface area contributed by atoms with Gasteiger partial charge >= 0.3 is 0 Å². The lowest BCUT2D eigenvalue weighted by atomic mass is 10.0. The number of anilines is 1. The summed E-state index contributed by atoms with van der Waals surface area (Å²) in [5, 5.41) is 4.15. The monoisotopic (exact) mass is 451 g/mol. The van der Waals surface area contributed by atoms with Crippen LogP contribution in [0.25, 0.3) is 11.1 Å². The Bertz CT molecular complexity index is 929. The molecule has 0 unspecified atom stereocenters. The van der Waals surface area contributed by atoms with Crippen molar-refractivity contribution in [2.45, 2.75) is 6.54 Å². The van der Waals surface area contributed by atoms with Crippen LogP contribution in [0.2, 0.25) is 10.0 Å². The highest BCUT2D eigenvalue weighted by Gasteiger charge is 2.10. The lowest BCUT2D eigenvalue weighted by Gasteiger charge is -2.12. The summed E-state index contributed by atoms with van der Waals surface area (Å²) < 4.78 is 5.64. The smallest absolute Gasteiger partial charge is 0.157 e. The van der Waals surface area contributed by atoms with Gasteiger partial charge in [-0.25, -0.2) is 0 Å². The molecular weight excluding hydrogens is 436 g/mol. The number of hydrogen-bond donors (Lipinski definition) is 1. The van der Waals surface area contributed by atoms with E-state index in [2.05, 4.69) is 41.7 Å². The minimum Gasteiger partial charge on any atom is -0.486 e. The first-order chi connectivity index (χ1) is 13.5. The summed E-state index contributed by atoms with van der Waals surface area (Å²) in [5.74, 6) is 0.395. The fraction of sp³-hybridized carbons (Fsp3) is 0.0909. The Balaban J connectivity index is 1.63. The summed E-state index contributed by atoms with van der Waals surface area (Å²) in [6, 6.07) is 22.2. The van der Waals surface area contributed by atoms with Crippen LogP contribution in [0.15, 0.2) is 77.3 Å². The molecule has 0 spiro atoms. The molecule has 0 fully saturated rings. The molecule has 1 N–H and O–H groups in total. The van der Waals surface area contributed by atoms with Crippen molar-refractivity contribution in [2.24, 2.45) is 0 Å². The van der Waals surface area contributed by atoms with E-state index in [1.807, 2.05) is 18.2 Å². The second-order valence-corrected chi connectivity index (χ2v) is 7.81. The van der Waals surface area contributed by atoms with E-state index in [-0.39, 0.29) is 11.1 Å². The summed E-state index contributed by atoms with van der Waals surface area (Å²) in [4.78, 5) is 0. The van der Waals surface area contributed by atoms with Crippen LogP contribution in [0, 0.1) is 0 Å². The third-order valence-electron chi connectivity index (χ3n) is 4.02. The molecule has 3 aromatic rings. The van der Waals surface area contributed by atoms with Crippen molar-refractivity contribution in [3.8, 4) is 16.9 Å². The topological polar surface area (TPSA) is 21.3 Å². The van der Waals surface area contributed by atoms with Gasteiger partial charge < -0.3 is 10.1 Å². The normalized spacial score (nSPS) is 10.4. The van der Waals surface area contributed by atoms with Gasteiger partial charge in [-0.05, 0) is 34.9 Å². The zero-order valence-electron chi connectivity index (χ0n) is 14.8. The number of nitrogens with one attached hydrogen (secondary N) is 1. The molecule has 3 rings (SSSR count). The lowest BCUT2D eigenvalue weighted by Crippen LogP contribution is -2.01. The largest absolute Gasteiger partial charge is 0.486 e. The zero-order valence-corrected chi connectivity index (χ0v) is 17.8. The second kappa shape index (κ2) is 10.1. The number of benzene rings is 3. The summed E-state index contributed by atoms with van der Waals surface area (Å²) >= 11 is 23.7. The second-order valence-electron chi connectivity index (χ2n) is 5.99. The molecular formula is C22H17Cl4NO. The van der Waals surface area contributed by atoms with Crippen LogP contribution in [0.4, 0.5) is 5.69 Å². The highest BCUT2D eigenvalue weighted by Crippen LogP contribution is 2.36. The van der Waals surface area contributed by atoms with Gasteiger partial charge in [-0.1, -0.05) is 101 Å².